The lowest BCUT2D eigenvalue weighted by Crippen LogP contribution is -2.48. The molecule has 4 heteroatoms. The monoisotopic (exact) mass is 301 g/mol. The zero-order valence-electron chi connectivity index (χ0n) is 13.5. The van der Waals surface area contributed by atoms with Crippen molar-refractivity contribution in [3.8, 4) is 5.75 Å². The summed E-state index contributed by atoms with van der Waals surface area (Å²) in [4.78, 5) is 4.54. The SMILES string of the molecule is COc1ccc(C2(CNC3=NCCCN3)CCCCC2)cc1. The highest BCUT2D eigenvalue weighted by atomic mass is 16.5. The van der Waals surface area contributed by atoms with Crippen LogP contribution in [0.3, 0.4) is 0 Å². The molecule has 1 fully saturated rings. The fourth-order valence-electron chi connectivity index (χ4n) is 3.64. The molecule has 3 rings (SSSR count). The minimum Gasteiger partial charge on any atom is -0.497 e. The maximum Gasteiger partial charge on any atom is 0.191 e. The lowest BCUT2D eigenvalue weighted by Gasteiger charge is -2.38. The summed E-state index contributed by atoms with van der Waals surface area (Å²) in [7, 11) is 1.72. The van der Waals surface area contributed by atoms with E-state index >= 15 is 0 Å². The molecule has 0 unspecified atom stereocenters. The minimum atomic E-state index is 0.228. The molecule has 0 atom stereocenters. The van der Waals surface area contributed by atoms with Crippen LogP contribution in [0.1, 0.15) is 44.1 Å². The van der Waals surface area contributed by atoms with Gasteiger partial charge >= 0.3 is 0 Å². The van der Waals surface area contributed by atoms with Gasteiger partial charge in [0.1, 0.15) is 5.75 Å². The average molecular weight is 301 g/mol. The first-order chi connectivity index (χ1) is 10.8. The molecule has 0 amide bonds. The van der Waals surface area contributed by atoms with Gasteiger partial charge in [0, 0.05) is 25.0 Å². The van der Waals surface area contributed by atoms with E-state index in [0.717, 1.165) is 37.8 Å². The predicted molar refractivity (Wildman–Crippen MR) is 90.7 cm³/mol. The predicted octanol–water partition coefficient (Wildman–Crippen LogP) is 2.84. The third-order valence-corrected chi connectivity index (χ3v) is 5.00. The Morgan fingerprint density at radius 3 is 2.55 bits per heavy atom. The molecule has 0 spiro atoms. The highest BCUT2D eigenvalue weighted by Gasteiger charge is 2.34. The molecule has 0 saturated heterocycles. The summed E-state index contributed by atoms with van der Waals surface area (Å²) in [5.74, 6) is 1.91. The van der Waals surface area contributed by atoms with Gasteiger partial charge in [-0.2, -0.15) is 0 Å². The molecular formula is C18H27N3O. The van der Waals surface area contributed by atoms with Gasteiger partial charge in [-0.15, -0.1) is 0 Å². The van der Waals surface area contributed by atoms with Crippen molar-refractivity contribution < 1.29 is 4.74 Å². The van der Waals surface area contributed by atoms with Crippen molar-refractivity contribution in [2.45, 2.75) is 43.9 Å². The molecule has 0 bridgehead atoms. The maximum atomic E-state index is 5.30. The Morgan fingerprint density at radius 1 is 1.14 bits per heavy atom. The van der Waals surface area contributed by atoms with Crippen molar-refractivity contribution in [1.82, 2.24) is 10.6 Å². The van der Waals surface area contributed by atoms with Crippen LogP contribution in [0.5, 0.6) is 5.75 Å². The number of nitrogens with zero attached hydrogens (tertiary/aromatic N) is 1. The van der Waals surface area contributed by atoms with Crippen LogP contribution in [0, 0.1) is 0 Å². The van der Waals surface area contributed by atoms with Crippen LogP contribution in [0.15, 0.2) is 29.3 Å². The quantitative estimate of drug-likeness (QED) is 0.899. The Balaban J connectivity index is 1.75. The fraction of sp³-hybridized carbons (Fsp3) is 0.611. The summed E-state index contributed by atoms with van der Waals surface area (Å²) in [6, 6.07) is 8.65. The van der Waals surface area contributed by atoms with Crippen LogP contribution in [-0.2, 0) is 5.41 Å². The second-order valence-electron chi connectivity index (χ2n) is 6.43. The van der Waals surface area contributed by atoms with Gasteiger partial charge in [0.2, 0.25) is 0 Å². The number of hydrogen-bond donors (Lipinski definition) is 2. The van der Waals surface area contributed by atoms with E-state index in [0.29, 0.717) is 0 Å². The number of rotatable bonds is 4. The van der Waals surface area contributed by atoms with Gasteiger partial charge < -0.3 is 15.4 Å². The van der Waals surface area contributed by atoms with Gasteiger partial charge in [0.05, 0.1) is 7.11 Å². The van der Waals surface area contributed by atoms with Gasteiger partial charge in [-0.3, -0.25) is 4.99 Å². The van der Waals surface area contributed by atoms with Crippen LogP contribution in [0.4, 0.5) is 0 Å². The van der Waals surface area contributed by atoms with E-state index in [9.17, 15) is 0 Å². The van der Waals surface area contributed by atoms with Crippen LogP contribution < -0.4 is 15.4 Å². The minimum absolute atomic E-state index is 0.228. The molecule has 0 aromatic heterocycles. The number of hydrogen-bond acceptors (Lipinski definition) is 4. The van der Waals surface area contributed by atoms with Crippen molar-refractivity contribution in [1.29, 1.82) is 0 Å². The number of aliphatic imine (C=N–C) groups is 1. The van der Waals surface area contributed by atoms with Crippen molar-refractivity contribution in [3.63, 3.8) is 0 Å². The summed E-state index contributed by atoms with van der Waals surface area (Å²) in [5, 5.41) is 6.93. The summed E-state index contributed by atoms with van der Waals surface area (Å²) < 4.78 is 5.30. The molecule has 120 valence electrons. The van der Waals surface area contributed by atoms with E-state index < -0.39 is 0 Å². The second kappa shape index (κ2) is 7.03. The molecule has 22 heavy (non-hydrogen) atoms. The third kappa shape index (κ3) is 3.37. The van der Waals surface area contributed by atoms with Crippen LogP contribution in [0.2, 0.25) is 0 Å². The molecule has 2 N–H and O–H groups in total. The third-order valence-electron chi connectivity index (χ3n) is 5.00. The molecular weight excluding hydrogens is 274 g/mol. The Labute approximate surface area is 133 Å². The van der Waals surface area contributed by atoms with E-state index in [1.807, 2.05) is 0 Å². The van der Waals surface area contributed by atoms with Gasteiger partial charge in [-0.1, -0.05) is 31.4 Å². The molecule has 1 heterocycles. The zero-order valence-corrected chi connectivity index (χ0v) is 13.5. The molecule has 1 aliphatic carbocycles. The molecule has 1 aromatic carbocycles. The molecule has 1 aromatic rings. The molecule has 2 aliphatic rings. The Bertz CT molecular complexity index is 504. The van der Waals surface area contributed by atoms with Crippen LogP contribution >= 0.6 is 0 Å². The lowest BCUT2D eigenvalue weighted by atomic mass is 9.69. The van der Waals surface area contributed by atoms with E-state index in [1.165, 1.54) is 37.7 Å². The van der Waals surface area contributed by atoms with Gasteiger partial charge in [0.25, 0.3) is 0 Å². The summed E-state index contributed by atoms with van der Waals surface area (Å²) in [5.41, 5.74) is 1.66. The van der Waals surface area contributed by atoms with E-state index in [1.54, 1.807) is 7.11 Å². The van der Waals surface area contributed by atoms with Crippen molar-refractivity contribution in [2.24, 2.45) is 4.99 Å². The van der Waals surface area contributed by atoms with Crippen LogP contribution in [-0.4, -0.2) is 32.7 Å². The normalized spacial score (nSPS) is 20.7. The second-order valence-corrected chi connectivity index (χ2v) is 6.43. The lowest BCUT2D eigenvalue weighted by molar-refractivity contribution is 0.290. The first kappa shape index (κ1) is 15.2. The van der Waals surface area contributed by atoms with Gasteiger partial charge in [-0.05, 0) is 37.0 Å². The largest absolute Gasteiger partial charge is 0.497 e. The summed E-state index contributed by atoms with van der Waals surface area (Å²) >= 11 is 0. The first-order valence-electron chi connectivity index (χ1n) is 8.49. The molecule has 0 radical (unpaired) electrons. The summed E-state index contributed by atoms with van der Waals surface area (Å²) in [6.45, 7) is 2.93. The number of benzene rings is 1. The topological polar surface area (TPSA) is 45.6 Å². The zero-order chi connectivity index (χ0) is 15.3. The van der Waals surface area contributed by atoms with Gasteiger partial charge in [-0.25, -0.2) is 0 Å². The number of methoxy groups -OCH3 is 1. The fourth-order valence-corrected chi connectivity index (χ4v) is 3.64. The standard InChI is InChI=1S/C18H27N3O/c1-22-16-8-6-15(7-9-16)18(10-3-2-4-11-18)14-21-17-19-12-5-13-20-17/h6-9H,2-5,10-14H2,1H3,(H2,19,20,21). The highest BCUT2D eigenvalue weighted by molar-refractivity contribution is 5.80. The Kier molecular flexibility index (Phi) is 4.86. The van der Waals surface area contributed by atoms with Gasteiger partial charge in [0.15, 0.2) is 5.96 Å². The highest BCUT2D eigenvalue weighted by Crippen LogP contribution is 2.39. The average Bonchev–Trinajstić information content (AvgIpc) is 2.62. The van der Waals surface area contributed by atoms with E-state index in [-0.39, 0.29) is 5.41 Å². The van der Waals surface area contributed by atoms with Crippen LogP contribution in [0.25, 0.3) is 0 Å². The molecule has 1 aliphatic heterocycles. The Morgan fingerprint density at radius 2 is 1.91 bits per heavy atom. The van der Waals surface area contributed by atoms with Crippen molar-refractivity contribution in [3.05, 3.63) is 29.8 Å². The molecule has 1 saturated carbocycles. The van der Waals surface area contributed by atoms with Crippen molar-refractivity contribution >= 4 is 5.96 Å². The van der Waals surface area contributed by atoms with E-state index in [4.69, 9.17) is 4.74 Å². The first-order valence-corrected chi connectivity index (χ1v) is 8.49. The Hall–Kier alpha value is -1.71. The molecule has 4 nitrogen and oxygen atoms in total. The maximum absolute atomic E-state index is 5.30. The summed E-state index contributed by atoms with van der Waals surface area (Å²) in [6.07, 6.45) is 7.62. The van der Waals surface area contributed by atoms with Crippen molar-refractivity contribution in [2.75, 3.05) is 26.7 Å². The smallest absolute Gasteiger partial charge is 0.191 e. The number of guanidine groups is 1. The van der Waals surface area contributed by atoms with E-state index in [2.05, 4.69) is 39.9 Å². The number of ether oxygens (including phenoxy) is 1. The number of nitrogens with one attached hydrogen (secondary N) is 2.